The first kappa shape index (κ1) is 11.3. The number of nitrogens with zero attached hydrogens (tertiary/aromatic N) is 1. The van der Waals surface area contributed by atoms with Gasteiger partial charge in [-0.15, -0.1) is 22.7 Å². The molecule has 0 radical (unpaired) electrons. The summed E-state index contributed by atoms with van der Waals surface area (Å²) in [7, 11) is 0. The van der Waals surface area contributed by atoms with Crippen LogP contribution in [-0.4, -0.2) is 10.9 Å². The second-order valence-electron chi connectivity index (χ2n) is 3.32. The maximum absolute atomic E-state index is 11.8. The predicted octanol–water partition coefficient (Wildman–Crippen LogP) is 3.09. The Morgan fingerprint density at radius 2 is 2.50 bits per heavy atom. The molecule has 1 N–H and O–H groups in total. The van der Waals surface area contributed by atoms with Crippen LogP contribution in [0.25, 0.3) is 0 Å². The molecule has 0 aliphatic carbocycles. The lowest BCUT2D eigenvalue weighted by molar-refractivity contribution is 0.0932. The van der Waals surface area contributed by atoms with Crippen LogP contribution < -0.4 is 5.32 Å². The van der Waals surface area contributed by atoms with Gasteiger partial charge in [-0.1, -0.05) is 13.0 Å². The second kappa shape index (κ2) is 5.23. The molecule has 2 aromatic rings. The van der Waals surface area contributed by atoms with Crippen LogP contribution >= 0.6 is 22.7 Å². The normalized spacial score (nSPS) is 12.3. The van der Waals surface area contributed by atoms with E-state index in [1.807, 2.05) is 17.5 Å². The minimum Gasteiger partial charge on any atom is -0.343 e. The Kier molecular flexibility index (Phi) is 3.69. The molecule has 1 amide bonds. The van der Waals surface area contributed by atoms with Crippen LogP contribution in [-0.2, 0) is 0 Å². The van der Waals surface area contributed by atoms with E-state index in [1.54, 1.807) is 22.2 Å². The van der Waals surface area contributed by atoms with Gasteiger partial charge in [-0.2, -0.15) is 0 Å². The number of hydrogen-bond donors (Lipinski definition) is 1. The van der Waals surface area contributed by atoms with Crippen LogP contribution in [0.15, 0.2) is 28.4 Å². The van der Waals surface area contributed by atoms with Crippen molar-refractivity contribution in [3.8, 4) is 0 Å². The fraction of sp³-hybridized carbons (Fsp3) is 0.273. The predicted molar refractivity (Wildman–Crippen MR) is 66.9 cm³/mol. The van der Waals surface area contributed by atoms with Crippen molar-refractivity contribution in [1.29, 1.82) is 0 Å². The molecule has 0 aromatic carbocycles. The lowest BCUT2D eigenvalue weighted by atomic mass is 10.2. The highest BCUT2D eigenvalue weighted by atomic mass is 32.1. The smallest absolute Gasteiger partial charge is 0.271 e. The van der Waals surface area contributed by atoms with Crippen molar-refractivity contribution < 1.29 is 4.79 Å². The molecule has 0 fully saturated rings. The summed E-state index contributed by atoms with van der Waals surface area (Å²) < 4.78 is 0. The molecule has 1 unspecified atom stereocenters. The number of hydrogen-bond acceptors (Lipinski definition) is 4. The van der Waals surface area contributed by atoms with Gasteiger partial charge in [0.15, 0.2) is 0 Å². The molecule has 3 nitrogen and oxygen atoms in total. The van der Waals surface area contributed by atoms with Crippen molar-refractivity contribution in [2.75, 3.05) is 0 Å². The zero-order valence-corrected chi connectivity index (χ0v) is 10.5. The summed E-state index contributed by atoms with van der Waals surface area (Å²) in [6, 6.07) is 4.13. The summed E-state index contributed by atoms with van der Waals surface area (Å²) in [4.78, 5) is 17.0. The van der Waals surface area contributed by atoms with Crippen LogP contribution in [0.3, 0.4) is 0 Å². The van der Waals surface area contributed by atoms with Gasteiger partial charge in [0.1, 0.15) is 5.69 Å². The van der Waals surface area contributed by atoms with Gasteiger partial charge in [-0.05, 0) is 17.9 Å². The summed E-state index contributed by atoms with van der Waals surface area (Å²) in [5.74, 6) is -0.0958. The van der Waals surface area contributed by atoms with E-state index >= 15 is 0 Å². The van der Waals surface area contributed by atoms with Crippen molar-refractivity contribution in [3.05, 3.63) is 39.0 Å². The Morgan fingerprint density at radius 3 is 3.06 bits per heavy atom. The summed E-state index contributed by atoms with van der Waals surface area (Å²) >= 11 is 3.09. The number of thiazole rings is 1. The molecule has 0 aliphatic heterocycles. The van der Waals surface area contributed by atoms with E-state index in [4.69, 9.17) is 0 Å². The third kappa shape index (κ3) is 2.48. The molecular weight excluding hydrogens is 240 g/mol. The Balaban J connectivity index is 2.05. The minimum absolute atomic E-state index is 0.0919. The first-order valence-electron chi connectivity index (χ1n) is 5.03. The maximum Gasteiger partial charge on any atom is 0.271 e. The summed E-state index contributed by atoms with van der Waals surface area (Å²) in [5.41, 5.74) is 2.17. The topological polar surface area (TPSA) is 42.0 Å². The second-order valence-corrected chi connectivity index (χ2v) is 5.02. The number of carbonyl (C=O) groups excluding carboxylic acids is 1. The molecular formula is C11H12N2OS2. The first-order chi connectivity index (χ1) is 7.81. The van der Waals surface area contributed by atoms with Crippen LogP contribution in [0.5, 0.6) is 0 Å². The SMILES string of the molecule is CCC(NC(=O)c1cscn1)c1cccs1. The highest BCUT2D eigenvalue weighted by Gasteiger charge is 2.15. The Bertz CT molecular complexity index is 437. The number of rotatable bonds is 4. The van der Waals surface area contributed by atoms with E-state index in [1.165, 1.54) is 16.2 Å². The number of carbonyl (C=O) groups is 1. The average molecular weight is 252 g/mol. The lowest BCUT2D eigenvalue weighted by Gasteiger charge is -2.14. The lowest BCUT2D eigenvalue weighted by Crippen LogP contribution is -2.27. The fourth-order valence-electron chi connectivity index (χ4n) is 1.42. The number of amides is 1. The summed E-state index contributed by atoms with van der Waals surface area (Å²) in [6.07, 6.45) is 0.885. The monoisotopic (exact) mass is 252 g/mol. The Hall–Kier alpha value is -1.20. The zero-order chi connectivity index (χ0) is 11.4. The molecule has 16 heavy (non-hydrogen) atoms. The van der Waals surface area contributed by atoms with Gasteiger partial charge in [-0.3, -0.25) is 4.79 Å². The van der Waals surface area contributed by atoms with Crippen molar-refractivity contribution in [1.82, 2.24) is 10.3 Å². The van der Waals surface area contributed by atoms with Crippen molar-refractivity contribution in [2.45, 2.75) is 19.4 Å². The van der Waals surface area contributed by atoms with E-state index in [9.17, 15) is 4.79 Å². The average Bonchev–Trinajstić information content (AvgIpc) is 2.96. The molecule has 1 atom stereocenters. The van der Waals surface area contributed by atoms with Gasteiger partial charge >= 0.3 is 0 Å². The number of aromatic nitrogens is 1. The summed E-state index contributed by atoms with van der Waals surface area (Å²) in [6.45, 7) is 2.06. The highest BCUT2D eigenvalue weighted by Crippen LogP contribution is 2.21. The molecule has 0 saturated heterocycles. The molecule has 2 aromatic heterocycles. The van der Waals surface area contributed by atoms with Crippen LogP contribution in [0, 0.1) is 0 Å². The minimum atomic E-state index is -0.0958. The van der Waals surface area contributed by atoms with E-state index in [0.29, 0.717) is 5.69 Å². The van der Waals surface area contributed by atoms with E-state index in [0.717, 1.165) is 6.42 Å². The van der Waals surface area contributed by atoms with Crippen molar-refractivity contribution in [3.63, 3.8) is 0 Å². The number of thiophene rings is 1. The van der Waals surface area contributed by atoms with E-state index < -0.39 is 0 Å². The van der Waals surface area contributed by atoms with Crippen LogP contribution in [0.1, 0.15) is 34.8 Å². The van der Waals surface area contributed by atoms with Gasteiger partial charge in [0.2, 0.25) is 0 Å². The maximum atomic E-state index is 11.8. The van der Waals surface area contributed by atoms with Gasteiger partial charge in [0, 0.05) is 10.3 Å². The summed E-state index contributed by atoms with van der Waals surface area (Å²) in [5, 5.41) is 6.77. The van der Waals surface area contributed by atoms with E-state index in [-0.39, 0.29) is 11.9 Å². The van der Waals surface area contributed by atoms with Crippen LogP contribution in [0.2, 0.25) is 0 Å². The third-order valence-corrected chi connectivity index (χ3v) is 3.84. The zero-order valence-electron chi connectivity index (χ0n) is 8.84. The van der Waals surface area contributed by atoms with Gasteiger partial charge < -0.3 is 5.32 Å². The molecule has 84 valence electrons. The molecule has 5 heteroatoms. The van der Waals surface area contributed by atoms with E-state index in [2.05, 4.69) is 17.2 Å². The standard InChI is InChI=1S/C11H12N2OS2/c1-2-8(10-4-3-5-16-10)13-11(14)9-6-15-7-12-9/h3-8H,2H2,1H3,(H,13,14). The third-order valence-electron chi connectivity index (χ3n) is 2.27. The molecule has 0 spiro atoms. The quantitative estimate of drug-likeness (QED) is 0.908. The van der Waals surface area contributed by atoms with Gasteiger partial charge in [-0.25, -0.2) is 4.98 Å². The largest absolute Gasteiger partial charge is 0.343 e. The molecule has 0 saturated carbocycles. The Labute approximate surface area is 102 Å². The van der Waals surface area contributed by atoms with Gasteiger partial charge in [0.05, 0.1) is 11.6 Å². The highest BCUT2D eigenvalue weighted by molar-refractivity contribution is 7.10. The first-order valence-corrected chi connectivity index (χ1v) is 6.86. The number of nitrogens with one attached hydrogen (secondary N) is 1. The molecule has 2 rings (SSSR count). The van der Waals surface area contributed by atoms with Crippen molar-refractivity contribution in [2.24, 2.45) is 0 Å². The Morgan fingerprint density at radius 1 is 1.62 bits per heavy atom. The fourth-order valence-corrected chi connectivity index (χ4v) is 2.81. The molecule has 0 bridgehead atoms. The van der Waals surface area contributed by atoms with Crippen LogP contribution in [0.4, 0.5) is 0 Å². The molecule has 0 aliphatic rings. The molecule has 2 heterocycles. The van der Waals surface area contributed by atoms with Crippen molar-refractivity contribution >= 4 is 28.6 Å². The van der Waals surface area contributed by atoms with Gasteiger partial charge in [0.25, 0.3) is 5.91 Å².